The quantitative estimate of drug-likeness (QED) is 0.0953. The fourth-order valence-electron chi connectivity index (χ4n) is 4.81. The number of carbonyl (C=O) groups is 2. The van der Waals surface area contributed by atoms with E-state index < -0.39 is 0 Å². The average molecular weight is 525 g/mol. The molecule has 0 aromatic carbocycles. The number of carbonyl (C=O) groups excluding carboxylic acids is 2. The third-order valence-electron chi connectivity index (χ3n) is 7.30. The summed E-state index contributed by atoms with van der Waals surface area (Å²) in [6, 6.07) is 0. The smallest absolute Gasteiger partial charge is 0.217 e. The van der Waals surface area contributed by atoms with Gasteiger partial charge in [-0.1, -0.05) is 174 Å². The SMILES string of the molecule is CCCCCCCCCCCCCCCC(N)=O.CCCCCCCCCCCCCCCCC(N)=O. The molecule has 0 spiro atoms. The molecule has 0 heterocycles. The molecule has 0 radical (unpaired) electrons. The van der Waals surface area contributed by atoms with Gasteiger partial charge < -0.3 is 11.5 Å². The number of hydrogen-bond donors (Lipinski definition) is 2. The van der Waals surface area contributed by atoms with E-state index in [2.05, 4.69) is 13.8 Å². The minimum atomic E-state index is -0.155. The molecule has 4 nitrogen and oxygen atoms in total. The fraction of sp³-hybridized carbons (Fsp3) is 0.939. The summed E-state index contributed by atoms with van der Waals surface area (Å²) in [6.45, 7) is 4.54. The van der Waals surface area contributed by atoms with Gasteiger partial charge in [0, 0.05) is 12.8 Å². The molecule has 0 rings (SSSR count). The minimum Gasteiger partial charge on any atom is -0.370 e. The minimum absolute atomic E-state index is 0.154. The van der Waals surface area contributed by atoms with Gasteiger partial charge in [0.05, 0.1) is 0 Å². The maximum atomic E-state index is 10.5. The standard InChI is InChI=1S/C17H35NO.C16H33NO/c1-2-3-4-5-6-7-8-9-10-11-12-13-14-15-16-17(18)19;1-2-3-4-5-6-7-8-9-10-11-12-13-14-15-16(17)18/h2-16H2,1H3,(H2,18,19);2-15H2,1H3,(H2,17,18). The summed E-state index contributed by atoms with van der Waals surface area (Å²) in [5.74, 6) is -0.308. The van der Waals surface area contributed by atoms with Crippen LogP contribution in [-0.2, 0) is 9.59 Å². The van der Waals surface area contributed by atoms with Crippen LogP contribution < -0.4 is 11.5 Å². The van der Waals surface area contributed by atoms with Crippen LogP contribution in [0, 0.1) is 0 Å². The molecule has 222 valence electrons. The van der Waals surface area contributed by atoms with Crippen molar-refractivity contribution in [2.45, 2.75) is 200 Å². The van der Waals surface area contributed by atoms with Gasteiger partial charge >= 0.3 is 0 Å². The highest BCUT2D eigenvalue weighted by atomic mass is 16.1. The van der Waals surface area contributed by atoms with Gasteiger partial charge in [-0.15, -0.1) is 0 Å². The molecule has 0 saturated heterocycles. The Bertz CT molecular complexity index is 454. The summed E-state index contributed by atoms with van der Waals surface area (Å²) in [5, 5.41) is 0. The fourth-order valence-corrected chi connectivity index (χ4v) is 4.81. The third kappa shape index (κ3) is 42.3. The Balaban J connectivity index is 0. The second kappa shape index (κ2) is 34.9. The lowest BCUT2D eigenvalue weighted by molar-refractivity contribution is -0.119. The molecule has 37 heavy (non-hydrogen) atoms. The van der Waals surface area contributed by atoms with E-state index in [4.69, 9.17) is 11.5 Å². The van der Waals surface area contributed by atoms with Crippen LogP contribution in [0.3, 0.4) is 0 Å². The van der Waals surface area contributed by atoms with Crippen LogP contribution in [0.25, 0.3) is 0 Å². The highest BCUT2D eigenvalue weighted by molar-refractivity contribution is 5.73. The predicted octanol–water partition coefficient (Wildman–Crippen LogP) is 10.3. The number of nitrogens with two attached hydrogens (primary N) is 2. The van der Waals surface area contributed by atoms with E-state index in [1.54, 1.807) is 0 Å². The number of amides is 2. The number of hydrogen-bond acceptors (Lipinski definition) is 2. The van der Waals surface area contributed by atoms with Crippen LogP contribution in [-0.4, -0.2) is 11.8 Å². The molecule has 4 N–H and O–H groups in total. The first-order valence-electron chi connectivity index (χ1n) is 16.6. The predicted molar refractivity (Wildman–Crippen MR) is 164 cm³/mol. The third-order valence-corrected chi connectivity index (χ3v) is 7.30. The van der Waals surface area contributed by atoms with Gasteiger partial charge in [0.2, 0.25) is 11.8 Å². The van der Waals surface area contributed by atoms with Gasteiger partial charge in [0.1, 0.15) is 0 Å². The molecule has 0 bridgehead atoms. The zero-order chi connectivity index (χ0) is 27.7. The molecule has 0 aliphatic heterocycles. The monoisotopic (exact) mass is 525 g/mol. The Labute approximate surface area is 232 Å². The van der Waals surface area contributed by atoms with Crippen molar-refractivity contribution in [2.75, 3.05) is 0 Å². The van der Waals surface area contributed by atoms with Crippen molar-refractivity contribution in [2.24, 2.45) is 11.5 Å². The molecule has 0 aromatic rings. The molecule has 0 fully saturated rings. The summed E-state index contributed by atoms with van der Waals surface area (Å²) in [4.78, 5) is 21.1. The Morgan fingerprint density at radius 2 is 0.486 bits per heavy atom. The van der Waals surface area contributed by atoms with Crippen molar-refractivity contribution in [3.63, 3.8) is 0 Å². The second-order valence-electron chi connectivity index (χ2n) is 11.3. The van der Waals surface area contributed by atoms with Crippen LogP contribution in [0.4, 0.5) is 0 Å². The molecule has 0 aliphatic rings. The lowest BCUT2D eigenvalue weighted by atomic mass is 10.0. The Hall–Kier alpha value is -1.06. The summed E-state index contributed by atoms with van der Waals surface area (Å²) in [6.07, 6.45) is 37.3. The van der Waals surface area contributed by atoms with Gasteiger partial charge in [-0.2, -0.15) is 0 Å². The summed E-state index contributed by atoms with van der Waals surface area (Å²) in [5.41, 5.74) is 10.2. The van der Waals surface area contributed by atoms with Crippen LogP contribution >= 0.6 is 0 Å². The molecular weight excluding hydrogens is 456 g/mol. The highest BCUT2D eigenvalue weighted by Crippen LogP contribution is 2.14. The Morgan fingerprint density at radius 3 is 0.649 bits per heavy atom. The van der Waals surface area contributed by atoms with Gasteiger partial charge in [-0.3, -0.25) is 9.59 Å². The first-order valence-corrected chi connectivity index (χ1v) is 16.6. The van der Waals surface area contributed by atoms with Crippen molar-refractivity contribution in [1.82, 2.24) is 0 Å². The van der Waals surface area contributed by atoms with Crippen molar-refractivity contribution in [3.05, 3.63) is 0 Å². The van der Waals surface area contributed by atoms with Crippen LogP contribution in [0.15, 0.2) is 0 Å². The Kier molecular flexibility index (Phi) is 36.0. The maximum absolute atomic E-state index is 10.5. The molecule has 0 atom stereocenters. The highest BCUT2D eigenvalue weighted by Gasteiger charge is 1.97. The lowest BCUT2D eigenvalue weighted by Crippen LogP contribution is -2.09. The molecular formula is C33H68N2O2. The van der Waals surface area contributed by atoms with E-state index >= 15 is 0 Å². The van der Waals surface area contributed by atoms with E-state index in [1.165, 1.54) is 161 Å². The van der Waals surface area contributed by atoms with E-state index in [0.717, 1.165) is 12.8 Å². The molecule has 0 aliphatic carbocycles. The lowest BCUT2D eigenvalue weighted by Gasteiger charge is -2.02. The van der Waals surface area contributed by atoms with E-state index in [9.17, 15) is 9.59 Å². The normalized spacial score (nSPS) is 10.8. The first kappa shape index (κ1) is 38.1. The van der Waals surface area contributed by atoms with Crippen molar-refractivity contribution < 1.29 is 9.59 Å². The van der Waals surface area contributed by atoms with E-state index in [1.807, 2.05) is 0 Å². The summed E-state index contributed by atoms with van der Waals surface area (Å²) >= 11 is 0. The van der Waals surface area contributed by atoms with Crippen LogP contribution in [0.1, 0.15) is 200 Å². The molecule has 2 amide bonds. The largest absolute Gasteiger partial charge is 0.370 e. The summed E-state index contributed by atoms with van der Waals surface area (Å²) in [7, 11) is 0. The zero-order valence-corrected chi connectivity index (χ0v) is 25.5. The molecule has 0 unspecified atom stereocenters. The first-order chi connectivity index (χ1) is 18.0. The maximum Gasteiger partial charge on any atom is 0.217 e. The second-order valence-corrected chi connectivity index (χ2v) is 11.3. The number of unbranched alkanes of at least 4 members (excludes halogenated alkanes) is 25. The number of rotatable bonds is 29. The van der Waals surface area contributed by atoms with Crippen molar-refractivity contribution in [3.8, 4) is 0 Å². The van der Waals surface area contributed by atoms with Crippen molar-refractivity contribution >= 4 is 11.8 Å². The number of primary amides is 2. The molecule has 0 saturated carbocycles. The van der Waals surface area contributed by atoms with Crippen LogP contribution in [0.2, 0.25) is 0 Å². The topological polar surface area (TPSA) is 86.2 Å². The van der Waals surface area contributed by atoms with E-state index in [-0.39, 0.29) is 11.8 Å². The molecule has 4 heteroatoms. The summed E-state index contributed by atoms with van der Waals surface area (Å²) < 4.78 is 0. The van der Waals surface area contributed by atoms with Gasteiger partial charge in [-0.05, 0) is 12.8 Å². The van der Waals surface area contributed by atoms with Gasteiger partial charge in [-0.25, -0.2) is 0 Å². The molecule has 0 aromatic heterocycles. The van der Waals surface area contributed by atoms with Crippen LogP contribution in [0.5, 0.6) is 0 Å². The Morgan fingerprint density at radius 1 is 0.324 bits per heavy atom. The van der Waals surface area contributed by atoms with E-state index in [0.29, 0.717) is 12.8 Å². The zero-order valence-electron chi connectivity index (χ0n) is 25.5. The average Bonchev–Trinajstić information content (AvgIpc) is 2.87. The van der Waals surface area contributed by atoms with Crippen molar-refractivity contribution in [1.29, 1.82) is 0 Å². The van der Waals surface area contributed by atoms with Gasteiger partial charge in [0.15, 0.2) is 0 Å². The van der Waals surface area contributed by atoms with Gasteiger partial charge in [0.25, 0.3) is 0 Å².